The molecule has 33 heavy (non-hydrogen) atoms. The molecule has 0 saturated carbocycles. The first kappa shape index (κ1) is 20.4. The van der Waals surface area contributed by atoms with Crippen molar-refractivity contribution < 1.29 is 6.11 Å². The van der Waals surface area contributed by atoms with Crippen LogP contribution >= 0.6 is 0 Å². The van der Waals surface area contributed by atoms with Crippen molar-refractivity contribution in [1.29, 1.82) is 0 Å². The van der Waals surface area contributed by atoms with Gasteiger partial charge in [0.2, 0.25) is 0 Å². The minimum absolute atomic E-state index is 0.704. The molecule has 170 valence electrons. The predicted octanol–water partition coefficient (Wildman–Crippen LogP) is 5.87. The summed E-state index contributed by atoms with van der Waals surface area (Å²) in [6, 6.07) is 15.1. The van der Waals surface area contributed by atoms with Crippen LogP contribution in [0.2, 0.25) is 0 Å². The lowest BCUT2D eigenvalue weighted by Gasteiger charge is -2.31. The van der Waals surface area contributed by atoms with Gasteiger partial charge in [0, 0.05) is 18.7 Å². The van der Waals surface area contributed by atoms with Crippen molar-refractivity contribution in [3.63, 3.8) is 0 Å². The van der Waals surface area contributed by atoms with Crippen LogP contribution in [0.3, 0.4) is 0 Å². The largest absolute Gasteiger partial charge is 0.457 e. The van der Waals surface area contributed by atoms with Crippen molar-refractivity contribution in [2.45, 2.75) is 46.6 Å². The number of hydrogen-bond donors (Lipinski definition) is 0. The molecule has 2 aromatic carbocycles. The standard InChI is InChI=1S/C27H31N5O/c1-5-31-15-13-22(14-16-31)32-27-25(19(3)28-20(4)29-27)26(30-32)21-11-12-24(18(2)17-21)33-23-9-7-6-8-10-23/h6-12,17,22H,5,13-16H2,1-4H3/i22T. The summed E-state index contributed by atoms with van der Waals surface area (Å²) in [6.07, 6.45) is 1.45. The van der Waals surface area contributed by atoms with E-state index < -0.39 is 6.02 Å². The van der Waals surface area contributed by atoms with Crippen molar-refractivity contribution in [2.24, 2.45) is 0 Å². The predicted molar refractivity (Wildman–Crippen MR) is 132 cm³/mol. The van der Waals surface area contributed by atoms with E-state index in [1.54, 1.807) is 0 Å². The van der Waals surface area contributed by atoms with Gasteiger partial charge in [0.25, 0.3) is 0 Å². The fourth-order valence-corrected chi connectivity index (χ4v) is 4.61. The number of rotatable bonds is 5. The van der Waals surface area contributed by atoms with E-state index in [1.807, 2.05) is 67.9 Å². The van der Waals surface area contributed by atoms with Crippen LogP contribution in [0.5, 0.6) is 11.5 Å². The number of likely N-dealkylation sites (tertiary alicyclic amines) is 1. The van der Waals surface area contributed by atoms with Crippen LogP contribution in [-0.2, 0) is 0 Å². The molecule has 6 nitrogen and oxygen atoms in total. The molecule has 5 rings (SSSR count). The molecule has 1 aliphatic heterocycles. The highest BCUT2D eigenvalue weighted by Crippen LogP contribution is 2.35. The second-order valence-corrected chi connectivity index (χ2v) is 8.71. The van der Waals surface area contributed by atoms with Crippen molar-refractivity contribution in [3.05, 3.63) is 65.6 Å². The quantitative estimate of drug-likeness (QED) is 0.386. The molecule has 1 saturated heterocycles. The maximum Gasteiger partial charge on any atom is 0.162 e. The summed E-state index contributed by atoms with van der Waals surface area (Å²) >= 11 is 0. The van der Waals surface area contributed by atoms with E-state index in [4.69, 9.17) is 14.8 Å². The third kappa shape index (κ3) is 4.23. The number of para-hydroxylation sites is 1. The Bertz CT molecular complexity index is 1330. The summed E-state index contributed by atoms with van der Waals surface area (Å²) < 4.78 is 17.3. The van der Waals surface area contributed by atoms with Gasteiger partial charge in [-0.3, -0.25) is 0 Å². The van der Waals surface area contributed by atoms with E-state index in [-0.39, 0.29) is 0 Å². The second kappa shape index (κ2) is 8.94. The molecule has 2 aromatic heterocycles. The maximum absolute atomic E-state index is 9.32. The average Bonchev–Trinajstić information content (AvgIpc) is 3.22. The lowest BCUT2D eigenvalue weighted by Crippen LogP contribution is -2.34. The molecule has 3 heterocycles. The normalized spacial score (nSPS) is 16.7. The first-order valence-corrected chi connectivity index (χ1v) is 11.7. The summed E-state index contributed by atoms with van der Waals surface area (Å²) in [4.78, 5) is 11.8. The smallest absolute Gasteiger partial charge is 0.162 e. The van der Waals surface area contributed by atoms with Crippen LogP contribution in [0.4, 0.5) is 0 Å². The fraction of sp³-hybridized carbons (Fsp3) is 0.370. The number of fused-ring (bicyclic) bond motifs is 1. The molecular formula is C27H31N5O. The molecule has 0 spiro atoms. The summed E-state index contributed by atoms with van der Waals surface area (Å²) in [6.45, 7) is 10.9. The second-order valence-electron chi connectivity index (χ2n) is 8.71. The topological polar surface area (TPSA) is 56.1 Å². The highest BCUT2D eigenvalue weighted by Gasteiger charge is 2.26. The van der Waals surface area contributed by atoms with Gasteiger partial charge in [0.1, 0.15) is 23.0 Å². The monoisotopic (exact) mass is 443 g/mol. The fourth-order valence-electron chi connectivity index (χ4n) is 4.61. The summed E-state index contributed by atoms with van der Waals surface area (Å²) in [7, 11) is 0. The summed E-state index contributed by atoms with van der Waals surface area (Å²) in [5.41, 5.74) is 4.47. The lowest BCUT2D eigenvalue weighted by molar-refractivity contribution is 0.190. The number of hydrogen-bond acceptors (Lipinski definition) is 5. The van der Waals surface area contributed by atoms with Crippen LogP contribution < -0.4 is 4.74 Å². The minimum Gasteiger partial charge on any atom is -0.457 e. The molecule has 6 heteroatoms. The minimum atomic E-state index is -0.819. The van der Waals surface area contributed by atoms with E-state index in [0.717, 1.165) is 77.5 Å². The molecule has 0 atom stereocenters. The van der Waals surface area contributed by atoms with Crippen LogP contribution in [0.15, 0.2) is 48.5 Å². The summed E-state index contributed by atoms with van der Waals surface area (Å²) in [5, 5.41) is 5.95. The van der Waals surface area contributed by atoms with Crippen molar-refractivity contribution in [1.82, 2.24) is 24.6 Å². The van der Waals surface area contributed by atoms with Crippen molar-refractivity contribution >= 4 is 11.0 Å². The first-order chi connectivity index (χ1) is 16.4. The summed E-state index contributed by atoms with van der Waals surface area (Å²) in [5.74, 6) is 2.32. The Morgan fingerprint density at radius 3 is 2.48 bits per heavy atom. The van der Waals surface area contributed by atoms with Crippen LogP contribution in [0.25, 0.3) is 22.3 Å². The Morgan fingerprint density at radius 1 is 1.03 bits per heavy atom. The SMILES string of the molecule is [3H]C1(n2nc(-c3ccc(Oc4ccccc4)c(C)c3)c3c(C)nc(C)nc32)CCN(CC)CC1. The zero-order valence-electron chi connectivity index (χ0n) is 20.8. The van der Waals surface area contributed by atoms with Crippen LogP contribution in [0.1, 0.15) is 44.2 Å². The zero-order valence-corrected chi connectivity index (χ0v) is 19.8. The Morgan fingerprint density at radius 2 is 1.79 bits per heavy atom. The van der Waals surface area contributed by atoms with Gasteiger partial charge in [0.05, 0.1) is 18.5 Å². The van der Waals surface area contributed by atoms with Crippen LogP contribution in [0, 0.1) is 20.8 Å². The van der Waals surface area contributed by atoms with E-state index in [2.05, 4.69) is 22.9 Å². The molecular weight excluding hydrogens is 410 g/mol. The van der Waals surface area contributed by atoms with Gasteiger partial charge in [-0.1, -0.05) is 25.1 Å². The van der Waals surface area contributed by atoms with Crippen molar-refractivity contribution in [3.8, 4) is 22.8 Å². The van der Waals surface area contributed by atoms with E-state index in [1.165, 1.54) is 0 Å². The van der Waals surface area contributed by atoms with Gasteiger partial charge < -0.3 is 9.64 Å². The van der Waals surface area contributed by atoms with Crippen LogP contribution in [-0.4, -0.2) is 44.3 Å². The number of aromatic nitrogens is 4. The Hall–Kier alpha value is -3.25. The first-order valence-electron chi connectivity index (χ1n) is 12.2. The molecule has 0 amide bonds. The third-order valence-electron chi connectivity index (χ3n) is 6.42. The third-order valence-corrected chi connectivity index (χ3v) is 6.42. The van der Waals surface area contributed by atoms with E-state index in [0.29, 0.717) is 5.82 Å². The number of ether oxygens (including phenoxy) is 1. The molecule has 0 unspecified atom stereocenters. The number of piperidine rings is 1. The van der Waals surface area contributed by atoms with Gasteiger partial charge in [-0.2, -0.15) is 5.10 Å². The molecule has 1 fully saturated rings. The lowest BCUT2D eigenvalue weighted by atomic mass is 10.0. The van der Waals surface area contributed by atoms with Crippen molar-refractivity contribution in [2.75, 3.05) is 19.6 Å². The number of benzene rings is 2. The zero-order chi connectivity index (χ0) is 23.9. The highest BCUT2D eigenvalue weighted by molar-refractivity contribution is 5.93. The van der Waals surface area contributed by atoms with Gasteiger partial charge in [-0.05, 0) is 76.1 Å². The average molecular weight is 444 g/mol. The molecule has 0 bridgehead atoms. The number of aryl methyl sites for hydroxylation is 3. The highest BCUT2D eigenvalue weighted by atomic mass is 16.5. The Balaban J connectivity index is 1.58. The Labute approximate surface area is 196 Å². The van der Waals surface area contributed by atoms with E-state index >= 15 is 0 Å². The maximum atomic E-state index is 9.32. The van der Waals surface area contributed by atoms with Gasteiger partial charge in [-0.25, -0.2) is 14.6 Å². The van der Waals surface area contributed by atoms with Gasteiger partial charge in [0.15, 0.2) is 5.65 Å². The van der Waals surface area contributed by atoms with E-state index in [9.17, 15) is 1.37 Å². The molecule has 4 aromatic rings. The van der Waals surface area contributed by atoms with Gasteiger partial charge >= 0.3 is 0 Å². The Kier molecular flexibility index (Phi) is 5.52. The molecule has 0 N–H and O–H groups in total. The molecule has 0 aliphatic carbocycles. The molecule has 1 aliphatic rings. The van der Waals surface area contributed by atoms with Gasteiger partial charge in [-0.15, -0.1) is 0 Å². The number of nitrogens with zero attached hydrogens (tertiary/aromatic N) is 5. The molecule has 0 radical (unpaired) electrons.